The fourth-order valence-electron chi connectivity index (χ4n) is 1.97. The number of hydrogen-bond donors (Lipinski definition) is 1. The molecule has 0 aromatic heterocycles. The van der Waals surface area contributed by atoms with Crippen molar-refractivity contribution in [3.8, 4) is 18.1 Å². The molecule has 0 saturated carbocycles. The third kappa shape index (κ3) is 3.01. The van der Waals surface area contributed by atoms with Crippen LogP contribution in [0.5, 0.6) is 5.75 Å². The fraction of sp³-hybridized carbons (Fsp3) is 0.467. The monoisotopic (exact) mass is 229 g/mol. The molecular weight excluding hydrogens is 210 g/mol. The molecule has 0 bridgehead atoms. The van der Waals surface area contributed by atoms with E-state index in [1.807, 2.05) is 13.8 Å². The van der Waals surface area contributed by atoms with E-state index in [0.717, 1.165) is 31.7 Å². The molecular formula is C15H19NO. The first-order valence-electron chi connectivity index (χ1n) is 6.08. The van der Waals surface area contributed by atoms with Crippen molar-refractivity contribution in [1.29, 1.82) is 0 Å². The van der Waals surface area contributed by atoms with Gasteiger partial charge in [-0.25, -0.2) is 0 Å². The summed E-state index contributed by atoms with van der Waals surface area (Å²) in [5, 5.41) is 3.36. The van der Waals surface area contributed by atoms with Gasteiger partial charge < -0.3 is 10.1 Å². The zero-order valence-corrected chi connectivity index (χ0v) is 10.5. The second-order valence-electron chi connectivity index (χ2n) is 4.99. The third-order valence-corrected chi connectivity index (χ3v) is 3.10. The van der Waals surface area contributed by atoms with Gasteiger partial charge in [0.1, 0.15) is 5.75 Å². The SMILES string of the molecule is C#CC(C)(C)NCCc1ccc2c(c1)CCO2. The van der Waals surface area contributed by atoms with Crippen molar-refractivity contribution in [2.45, 2.75) is 32.2 Å². The average molecular weight is 229 g/mol. The van der Waals surface area contributed by atoms with E-state index in [2.05, 4.69) is 29.4 Å². The maximum Gasteiger partial charge on any atom is 0.122 e. The Labute approximate surface area is 103 Å². The van der Waals surface area contributed by atoms with Gasteiger partial charge in [-0.1, -0.05) is 18.1 Å². The van der Waals surface area contributed by atoms with E-state index in [1.54, 1.807) is 0 Å². The number of ether oxygens (including phenoxy) is 1. The van der Waals surface area contributed by atoms with E-state index < -0.39 is 0 Å². The zero-order chi connectivity index (χ0) is 12.3. The summed E-state index contributed by atoms with van der Waals surface area (Å²) >= 11 is 0. The molecule has 2 rings (SSSR count). The second kappa shape index (κ2) is 4.81. The lowest BCUT2D eigenvalue weighted by Gasteiger charge is -2.19. The van der Waals surface area contributed by atoms with Crippen molar-refractivity contribution < 1.29 is 4.74 Å². The minimum absolute atomic E-state index is 0.222. The highest BCUT2D eigenvalue weighted by molar-refractivity contribution is 5.39. The number of hydrogen-bond acceptors (Lipinski definition) is 2. The van der Waals surface area contributed by atoms with Gasteiger partial charge in [0.25, 0.3) is 0 Å². The molecule has 1 heterocycles. The normalized spacial score (nSPS) is 13.9. The summed E-state index contributed by atoms with van der Waals surface area (Å²) in [5.74, 6) is 3.79. The lowest BCUT2D eigenvalue weighted by atomic mass is 10.0. The van der Waals surface area contributed by atoms with Gasteiger partial charge in [-0.3, -0.25) is 0 Å². The second-order valence-corrected chi connectivity index (χ2v) is 4.99. The summed E-state index contributed by atoms with van der Waals surface area (Å²) in [6.07, 6.45) is 7.46. The first-order chi connectivity index (χ1) is 8.11. The lowest BCUT2D eigenvalue weighted by Crippen LogP contribution is -2.38. The van der Waals surface area contributed by atoms with Crippen LogP contribution in [0.25, 0.3) is 0 Å². The predicted octanol–water partition coefficient (Wildman–Crippen LogP) is 2.17. The quantitative estimate of drug-likeness (QED) is 0.799. The Kier molecular flexibility index (Phi) is 3.40. The van der Waals surface area contributed by atoms with Gasteiger partial charge in [-0.05, 0) is 37.5 Å². The van der Waals surface area contributed by atoms with E-state index in [9.17, 15) is 0 Å². The highest BCUT2D eigenvalue weighted by atomic mass is 16.5. The molecule has 0 radical (unpaired) electrons. The molecule has 17 heavy (non-hydrogen) atoms. The van der Waals surface area contributed by atoms with Crippen LogP contribution in [0, 0.1) is 12.3 Å². The maximum atomic E-state index is 5.49. The number of rotatable bonds is 4. The van der Waals surface area contributed by atoms with Crippen LogP contribution in [0.2, 0.25) is 0 Å². The lowest BCUT2D eigenvalue weighted by molar-refractivity contribution is 0.357. The van der Waals surface area contributed by atoms with Gasteiger partial charge in [-0.2, -0.15) is 0 Å². The topological polar surface area (TPSA) is 21.3 Å². The summed E-state index contributed by atoms with van der Waals surface area (Å²) in [6, 6.07) is 6.45. The number of fused-ring (bicyclic) bond motifs is 1. The fourth-order valence-corrected chi connectivity index (χ4v) is 1.97. The van der Waals surface area contributed by atoms with Crippen molar-refractivity contribution in [3.63, 3.8) is 0 Å². The highest BCUT2D eigenvalue weighted by Gasteiger charge is 2.13. The van der Waals surface area contributed by atoms with Crippen molar-refractivity contribution in [1.82, 2.24) is 5.32 Å². The van der Waals surface area contributed by atoms with Crippen molar-refractivity contribution in [2.75, 3.05) is 13.2 Å². The van der Waals surface area contributed by atoms with Gasteiger partial charge in [0, 0.05) is 13.0 Å². The van der Waals surface area contributed by atoms with Crippen LogP contribution in [0.15, 0.2) is 18.2 Å². The van der Waals surface area contributed by atoms with E-state index in [1.165, 1.54) is 11.1 Å². The Balaban J connectivity index is 1.90. The molecule has 1 aliphatic rings. The Bertz CT molecular complexity index is 443. The molecule has 0 unspecified atom stereocenters. The smallest absolute Gasteiger partial charge is 0.122 e. The molecule has 0 atom stereocenters. The number of terminal acetylenes is 1. The van der Waals surface area contributed by atoms with Crippen LogP contribution in [0.1, 0.15) is 25.0 Å². The first-order valence-corrected chi connectivity index (χ1v) is 6.08. The standard InChI is InChI=1S/C15H19NO/c1-4-15(2,3)16-9-7-12-5-6-14-13(11-12)8-10-17-14/h1,5-6,11,16H,7-10H2,2-3H3. The van der Waals surface area contributed by atoms with Gasteiger partial charge in [-0.15, -0.1) is 6.42 Å². The van der Waals surface area contributed by atoms with Crippen LogP contribution in [0.4, 0.5) is 0 Å². The van der Waals surface area contributed by atoms with Gasteiger partial charge in [0.05, 0.1) is 12.1 Å². The molecule has 1 aromatic rings. The van der Waals surface area contributed by atoms with Gasteiger partial charge >= 0.3 is 0 Å². The van der Waals surface area contributed by atoms with E-state index in [-0.39, 0.29) is 5.54 Å². The summed E-state index contributed by atoms with van der Waals surface area (Å²) in [6.45, 7) is 5.76. The molecule has 0 aliphatic carbocycles. The Hall–Kier alpha value is -1.46. The highest BCUT2D eigenvalue weighted by Crippen LogP contribution is 2.25. The molecule has 1 aliphatic heterocycles. The molecule has 90 valence electrons. The van der Waals surface area contributed by atoms with Crippen LogP contribution in [-0.2, 0) is 12.8 Å². The molecule has 2 heteroatoms. The summed E-state index contributed by atoms with van der Waals surface area (Å²) in [4.78, 5) is 0. The molecule has 0 saturated heterocycles. The average Bonchev–Trinajstić information content (AvgIpc) is 2.76. The van der Waals surface area contributed by atoms with E-state index in [0.29, 0.717) is 0 Å². The molecule has 0 spiro atoms. The van der Waals surface area contributed by atoms with Crippen molar-refractivity contribution >= 4 is 0 Å². The molecule has 2 nitrogen and oxygen atoms in total. The van der Waals surface area contributed by atoms with Crippen molar-refractivity contribution in [2.24, 2.45) is 0 Å². The van der Waals surface area contributed by atoms with Crippen LogP contribution in [0.3, 0.4) is 0 Å². The van der Waals surface area contributed by atoms with Crippen molar-refractivity contribution in [3.05, 3.63) is 29.3 Å². The zero-order valence-electron chi connectivity index (χ0n) is 10.5. The Morgan fingerprint density at radius 2 is 2.29 bits per heavy atom. The molecule has 0 amide bonds. The summed E-state index contributed by atoms with van der Waals surface area (Å²) < 4.78 is 5.49. The minimum atomic E-state index is -0.222. The minimum Gasteiger partial charge on any atom is -0.493 e. The summed E-state index contributed by atoms with van der Waals surface area (Å²) in [7, 11) is 0. The largest absolute Gasteiger partial charge is 0.493 e. The third-order valence-electron chi connectivity index (χ3n) is 3.10. The number of nitrogens with one attached hydrogen (secondary N) is 1. The van der Waals surface area contributed by atoms with Crippen LogP contribution in [-0.4, -0.2) is 18.7 Å². The molecule has 0 fully saturated rings. The van der Waals surface area contributed by atoms with Crippen LogP contribution < -0.4 is 10.1 Å². The Morgan fingerprint density at radius 1 is 1.47 bits per heavy atom. The molecule has 1 N–H and O–H groups in total. The van der Waals surface area contributed by atoms with Gasteiger partial charge in [0.15, 0.2) is 0 Å². The predicted molar refractivity (Wildman–Crippen MR) is 70.3 cm³/mol. The molecule has 1 aromatic carbocycles. The van der Waals surface area contributed by atoms with Crippen LogP contribution >= 0.6 is 0 Å². The Morgan fingerprint density at radius 3 is 3.06 bits per heavy atom. The van der Waals surface area contributed by atoms with E-state index in [4.69, 9.17) is 11.2 Å². The summed E-state index contributed by atoms with van der Waals surface area (Å²) in [5.41, 5.74) is 2.45. The first kappa shape index (κ1) is 12.0. The van der Waals surface area contributed by atoms with Gasteiger partial charge in [0.2, 0.25) is 0 Å². The van der Waals surface area contributed by atoms with E-state index >= 15 is 0 Å². The number of benzene rings is 1. The maximum absolute atomic E-state index is 5.49.